The molecule has 19 heavy (non-hydrogen) atoms. The Balaban J connectivity index is 2.09. The van der Waals surface area contributed by atoms with Gasteiger partial charge < -0.3 is 9.73 Å². The van der Waals surface area contributed by atoms with E-state index in [0.717, 1.165) is 22.3 Å². The summed E-state index contributed by atoms with van der Waals surface area (Å²) in [5.41, 5.74) is 2.06. The van der Waals surface area contributed by atoms with Gasteiger partial charge in [0.1, 0.15) is 17.4 Å². The summed E-state index contributed by atoms with van der Waals surface area (Å²) in [6.07, 6.45) is 3.47. The molecule has 0 spiro atoms. The van der Waals surface area contributed by atoms with Crippen molar-refractivity contribution in [3.05, 3.63) is 59.9 Å². The molecule has 0 aliphatic carbocycles. The van der Waals surface area contributed by atoms with E-state index in [1.54, 1.807) is 18.5 Å². The summed E-state index contributed by atoms with van der Waals surface area (Å²) >= 11 is 0. The molecule has 0 bridgehead atoms. The Morgan fingerprint density at radius 2 is 1.95 bits per heavy atom. The number of hydrogen-bond donors (Lipinski definition) is 1. The molecule has 4 heteroatoms. The first kappa shape index (κ1) is 11.9. The van der Waals surface area contributed by atoms with Gasteiger partial charge in [-0.15, -0.1) is 0 Å². The van der Waals surface area contributed by atoms with Gasteiger partial charge in [-0.25, -0.2) is 9.97 Å². The van der Waals surface area contributed by atoms with E-state index in [0.29, 0.717) is 5.82 Å². The fraction of sp³-hybridized carbons (Fsp3) is 0.200. The second kappa shape index (κ2) is 4.82. The van der Waals surface area contributed by atoms with Gasteiger partial charge >= 0.3 is 0 Å². The van der Waals surface area contributed by atoms with Crippen molar-refractivity contribution in [2.75, 3.05) is 7.05 Å². The number of para-hydroxylation sites is 1. The molecule has 0 saturated heterocycles. The van der Waals surface area contributed by atoms with Gasteiger partial charge in [0.05, 0.1) is 0 Å². The van der Waals surface area contributed by atoms with Crippen LogP contribution in [0.4, 0.5) is 0 Å². The average molecular weight is 253 g/mol. The van der Waals surface area contributed by atoms with Crippen LogP contribution in [-0.2, 0) is 0 Å². The summed E-state index contributed by atoms with van der Waals surface area (Å²) in [5.74, 6) is 1.54. The van der Waals surface area contributed by atoms with E-state index in [1.807, 2.05) is 38.2 Å². The molecular weight excluding hydrogens is 238 g/mol. The molecular formula is C15H15N3O. The minimum atomic E-state index is -0.131. The number of benzene rings is 1. The quantitative estimate of drug-likeness (QED) is 0.779. The predicted molar refractivity (Wildman–Crippen MR) is 73.9 cm³/mol. The van der Waals surface area contributed by atoms with Gasteiger partial charge in [0.15, 0.2) is 5.82 Å². The van der Waals surface area contributed by atoms with Crippen LogP contribution >= 0.6 is 0 Å². The minimum absolute atomic E-state index is 0.131. The lowest BCUT2D eigenvalue weighted by molar-refractivity contribution is 0.478. The van der Waals surface area contributed by atoms with E-state index in [-0.39, 0.29) is 6.04 Å². The summed E-state index contributed by atoms with van der Waals surface area (Å²) in [5, 5.41) is 4.30. The van der Waals surface area contributed by atoms with Gasteiger partial charge in [-0.1, -0.05) is 18.2 Å². The van der Waals surface area contributed by atoms with Gasteiger partial charge in [-0.2, -0.15) is 0 Å². The van der Waals surface area contributed by atoms with Crippen LogP contribution in [0.3, 0.4) is 0 Å². The van der Waals surface area contributed by atoms with Crippen molar-refractivity contribution in [3.8, 4) is 0 Å². The SMILES string of the molecule is CNC(c1ncccn1)c1cc2cccc(C)c2o1. The van der Waals surface area contributed by atoms with E-state index >= 15 is 0 Å². The third-order valence-electron chi connectivity index (χ3n) is 3.18. The van der Waals surface area contributed by atoms with Gasteiger partial charge in [0, 0.05) is 17.8 Å². The maximum Gasteiger partial charge on any atom is 0.152 e. The standard InChI is InChI=1S/C15H15N3O/c1-10-5-3-6-11-9-12(19-14(10)11)13(16-2)15-17-7-4-8-18-15/h3-9,13,16H,1-2H3. The third-order valence-corrected chi connectivity index (χ3v) is 3.18. The molecule has 0 radical (unpaired) electrons. The molecule has 2 heterocycles. The minimum Gasteiger partial charge on any atom is -0.459 e. The molecule has 0 aliphatic rings. The van der Waals surface area contributed by atoms with Gasteiger partial charge in [-0.05, 0) is 31.7 Å². The van der Waals surface area contributed by atoms with E-state index in [2.05, 4.69) is 15.3 Å². The summed E-state index contributed by atoms with van der Waals surface area (Å²) in [7, 11) is 1.88. The highest BCUT2D eigenvalue weighted by molar-refractivity contribution is 5.81. The number of hydrogen-bond acceptors (Lipinski definition) is 4. The topological polar surface area (TPSA) is 51.0 Å². The first-order valence-corrected chi connectivity index (χ1v) is 6.23. The van der Waals surface area contributed by atoms with Crippen LogP contribution in [-0.4, -0.2) is 17.0 Å². The Labute approximate surface area is 111 Å². The van der Waals surface area contributed by atoms with Crippen LogP contribution in [0.5, 0.6) is 0 Å². The molecule has 1 unspecified atom stereocenters. The molecule has 0 fully saturated rings. The molecule has 0 amide bonds. The number of nitrogens with one attached hydrogen (secondary N) is 1. The summed E-state index contributed by atoms with van der Waals surface area (Å²) in [4.78, 5) is 8.57. The Kier molecular flexibility index (Phi) is 3.01. The Bertz CT molecular complexity index is 691. The Hall–Kier alpha value is -2.20. The fourth-order valence-electron chi connectivity index (χ4n) is 2.23. The summed E-state index contributed by atoms with van der Waals surface area (Å²) < 4.78 is 5.96. The first-order chi connectivity index (χ1) is 9.29. The number of aromatic nitrogens is 2. The average Bonchev–Trinajstić information content (AvgIpc) is 2.86. The van der Waals surface area contributed by atoms with Crippen molar-refractivity contribution in [1.82, 2.24) is 15.3 Å². The van der Waals surface area contributed by atoms with Crippen LogP contribution in [0.25, 0.3) is 11.0 Å². The number of furan rings is 1. The highest BCUT2D eigenvalue weighted by atomic mass is 16.3. The third kappa shape index (κ3) is 2.11. The van der Waals surface area contributed by atoms with Crippen molar-refractivity contribution in [2.45, 2.75) is 13.0 Å². The second-order valence-corrected chi connectivity index (χ2v) is 4.47. The maximum absolute atomic E-state index is 5.96. The number of nitrogens with zero attached hydrogens (tertiary/aromatic N) is 2. The lowest BCUT2D eigenvalue weighted by atomic mass is 10.1. The monoisotopic (exact) mass is 253 g/mol. The molecule has 96 valence electrons. The molecule has 2 aromatic heterocycles. The predicted octanol–water partition coefficient (Wildman–Crippen LogP) is 2.84. The Morgan fingerprint density at radius 1 is 1.16 bits per heavy atom. The maximum atomic E-state index is 5.96. The lowest BCUT2D eigenvalue weighted by Gasteiger charge is -2.11. The summed E-state index contributed by atoms with van der Waals surface area (Å²) in [6.45, 7) is 2.04. The van der Waals surface area contributed by atoms with Crippen molar-refractivity contribution >= 4 is 11.0 Å². The number of fused-ring (bicyclic) bond motifs is 1. The molecule has 4 nitrogen and oxygen atoms in total. The largest absolute Gasteiger partial charge is 0.459 e. The molecule has 0 aliphatic heterocycles. The van der Waals surface area contributed by atoms with Crippen LogP contribution in [0.1, 0.15) is 23.2 Å². The number of aryl methyl sites for hydroxylation is 1. The smallest absolute Gasteiger partial charge is 0.152 e. The number of rotatable bonds is 3. The second-order valence-electron chi connectivity index (χ2n) is 4.47. The zero-order chi connectivity index (χ0) is 13.2. The molecule has 1 atom stereocenters. The van der Waals surface area contributed by atoms with Crippen LogP contribution in [0, 0.1) is 6.92 Å². The normalized spacial score (nSPS) is 12.7. The highest BCUT2D eigenvalue weighted by Gasteiger charge is 2.19. The van der Waals surface area contributed by atoms with E-state index < -0.39 is 0 Å². The van der Waals surface area contributed by atoms with Gasteiger partial charge in [0.2, 0.25) is 0 Å². The van der Waals surface area contributed by atoms with Crippen molar-refractivity contribution in [1.29, 1.82) is 0 Å². The van der Waals surface area contributed by atoms with E-state index in [9.17, 15) is 0 Å². The molecule has 3 rings (SSSR count). The van der Waals surface area contributed by atoms with Crippen LogP contribution in [0.2, 0.25) is 0 Å². The highest BCUT2D eigenvalue weighted by Crippen LogP contribution is 2.28. The van der Waals surface area contributed by atoms with E-state index in [1.165, 1.54) is 0 Å². The molecule has 1 aromatic carbocycles. The van der Waals surface area contributed by atoms with Crippen molar-refractivity contribution < 1.29 is 4.42 Å². The molecule has 3 aromatic rings. The molecule has 1 N–H and O–H groups in total. The van der Waals surface area contributed by atoms with E-state index in [4.69, 9.17) is 4.42 Å². The zero-order valence-corrected chi connectivity index (χ0v) is 10.9. The molecule has 0 saturated carbocycles. The van der Waals surface area contributed by atoms with Crippen LogP contribution < -0.4 is 5.32 Å². The summed E-state index contributed by atoms with van der Waals surface area (Å²) in [6, 6.07) is 9.84. The Morgan fingerprint density at radius 3 is 2.63 bits per heavy atom. The van der Waals surface area contributed by atoms with Gasteiger partial charge in [0.25, 0.3) is 0 Å². The zero-order valence-electron chi connectivity index (χ0n) is 10.9. The van der Waals surface area contributed by atoms with Crippen molar-refractivity contribution in [3.63, 3.8) is 0 Å². The first-order valence-electron chi connectivity index (χ1n) is 6.23. The van der Waals surface area contributed by atoms with Crippen LogP contribution in [0.15, 0.2) is 47.1 Å². The fourth-order valence-corrected chi connectivity index (χ4v) is 2.23. The van der Waals surface area contributed by atoms with Gasteiger partial charge in [-0.3, -0.25) is 0 Å². The van der Waals surface area contributed by atoms with Crippen molar-refractivity contribution in [2.24, 2.45) is 0 Å². The lowest BCUT2D eigenvalue weighted by Crippen LogP contribution is -2.19.